The minimum absolute atomic E-state index is 0.144. The number of nitrogens with one attached hydrogen (secondary N) is 1. The molecule has 1 saturated heterocycles. The third-order valence-electron chi connectivity index (χ3n) is 4.16. The largest absolute Gasteiger partial charge is 0.342 e. The van der Waals surface area contributed by atoms with E-state index in [1.807, 2.05) is 0 Å². The van der Waals surface area contributed by atoms with Crippen molar-refractivity contribution in [3.8, 4) is 0 Å². The van der Waals surface area contributed by atoms with Crippen LogP contribution in [0, 0.1) is 18.7 Å². The Morgan fingerprint density at radius 2 is 2.00 bits per heavy atom. The fourth-order valence-electron chi connectivity index (χ4n) is 2.77. The Balaban J connectivity index is 2.03. The van der Waals surface area contributed by atoms with Crippen molar-refractivity contribution >= 4 is 33.4 Å². The third-order valence-corrected chi connectivity index (χ3v) is 4.77. The Morgan fingerprint density at radius 3 is 2.62 bits per heavy atom. The van der Waals surface area contributed by atoms with Crippen molar-refractivity contribution < 1.29 is 14.0 Å². The second kappa shape index (κ2) is 5.09. The first-order valence-electron chi connectivity index (χ1n) is 6.99. The summed E-state index contributed by atoms with van der Waals surface area (Å²) in [7, 11) is 0. The van der Waals surface area contributed by atoms with Gasteiger partial charge in [0.1, 0.15) is 17.9 Å². The Morgan fingerprint density at radius 1 is 1.33 bits per heavy atom. The summed E-state index contributed by atoms with van der Waals surface area (Å²) in [6, 6.07) is 1.84. The van der Waals surface area contributed by atoms with E-state index in [9.17, 15) is 14.0 Å². The predicted molar refractivity (Wildman–Crippen MR) is 80.4 cm³/mol. The van der Waals surface area contributed by atoms with Gasteiger partial charge in [0.2, 0.25) is 5.91 Å². The average Bonchev–Trinajstić information content (AvgIpc) is 3.24. The van der Waals surface area contributed by atoms with E-state index in [4.69, 9.17) is 0 Å². The van der Waals surface area contributed by atoms with E-state index >= 15 is 0 Å². The average molecular weight is 355 g/mol. The Kier molecular flexibility index (Phi) is 3.51. The number of carbonyl (C=O) groups excluding carboxylic acids is 2. The quantitative estimate of drug-likeness (QED) is 0.886. The molecule has 112 valence electrons. The van der Waals surface area contributed by atoms with Gasteiger partial charge < -0.3 is 5.32 Å². The maximum atomic E-state index is 13.8. The second-order valence-corrected chi connectivity index (χ2v) is 6.62. The summed E-state index contributed by atoms with van der Waals surface area (Å²) < 4.78 is 14.2. The van der Waals surface area contributed by atoms with Gasteiger partial charge in [-0.2, -0.15) is 0 Å². The molecule has 4 nitrogen and oxygen atoms in total. The van der Waals surface area contributed by atoms with Gasteiger partial charge in [0.15, 0.2) is 0 Å². The first-order chi connectivity index (χ1) is 9.90. The zero-order valence-electron chi connectivity index (χ0n) is 11.8. The number of benzene rings is 1. The summed E-state index contributed by atoms with van der Waals surface area (Å²) in [5.74, 6) is -0.551. The smallest absolute Gasteiger partial charge is 0.250 e. The highest BCUT2D eigenvalue weighted by Crippen LogP contribution is 2.37. The third kappa shape index (κ3) is 2.46. The van der Waals surface area contributed by atoms with Crippen molar-refractivity contribution in [2.45, 2.75) is 38.8 Å². The van der Waals surface area contributed by atoms with Crippen molar-refractivity contribution in [2.24, 2.45) is 5.92 Å². The topological polar surface area (TPSA) is 49.4 Å². The Hall–Kier alpha value is -1.43. The molecule has 1 aromatic rings. The van der Waals surface area contributed by atoms with Crippen LogP contribution in [0.25, 0.3) is 0 Å². The van der Waals surface area contributed by atoms with Crippen LogP contribution in [0.2, 0.25) is 0 Å². The molecule has 1 aromatic carbocycles. The lowest BCUT2D eigenvalue weighted by atomic mass is 10.0. The summed E-state index contributed by atoms with van der Waals surface area (Å²) in [6.45, 7) is 3.47. The standard InChI is InChI=1S/C15H16BrFN2O2/c1-7-5-10(16)11(17)6-12(7)19-8(2)14(20)18-13(15(19)21)9-3-4-9/h5-6,8-9,13H,3-4H2,1-2H3,(H,18,20). The van der Waals surface area contributed by atoms with Crippen molar-refractivity contribution in [1.82, 2.24) is 5.32 Å². The van der Waals surface area contributed by atoms with Crippen molar-refractivity contribution in [3.63, 3.8) is 0 Å². The normalized spacial score (nSPS) is 26.0. The van der Waals surface area contributed by atoms with Gasteiger partial charge in [-0.05, 0) is 66.2 Å². The van der Waals surface area contributed by atoms with Gasteiger partial charge in [-0.1, -0.05) is 0 Å². The number of hydrogen-bond acceptors (Lipinski definition) is 2. The lowest BCUT2D eigenvalue weighted by molar-refractivity contribution is -0.134. The molecule has 2 unspecified atom stereocenters. The van der Waals surface area contributed by atoms with Gasteiger partial charge >= 0.3 is 0 Å². The molecule has 0 aromatic heterocycles. The van der Waals surface area contributed by atoms with Crippen molar-refractivity contribution in [3.05, 3.63) is 28.0 Å². The highest BCUT2D eigenvalue weighted by molar-refractivity contribution is 9.10. The number of amides is 2. The minimum Gasteiger partial charge on any atom is -0.342 e. The van der Waals surface area contributed by atoms with E-state index in [1.54, 1.807) is 19.9 Å². The van der Waals surface area contributed by atoms with Gasteiger partial charge in [0.25, 0.3) is 5.91 Å². The van der Waals surface area contributed by atoms with E-state index in [0.717, 1.165) is 18.4 Å². The molecule has 3 rings (SSSR count). The van der Waals surface area contributed by atoms with Crippen LogP contribution in [0.3, 0.4) is 0 Å². The summed E-state index contributed by atoms with van der Waals surface area (Å²) in [4.78, 5) is 26.2. The number of piperazine rings is 1. The highest BCUT2D eigenvalue weighted by Gasteiger charge is 2.46. The fraction of sp³-hybridized carbons (Fsp3) is 0.467. The molecule has 21 heavy (non-hydrogen) atoms. The first kappa shape index (κ1) is 14.5. The van der Waals surface area contributed by atoms with Crippen LogP contribution in [0.5, 0.6) is 0 Å². The van der Waals surface area contributed by atoms with Crippen LogP contribution in [0.1, 0.15) is 25.3 Å². The molecule has 0 bridgehead atoms. The summed E-state index contributed by atoms with van der Waals surface area (Å²) in [5.41, 5.74) is 1.22. The van der Waals surface area contributed by atoms with Crippen LogP contribution in [-0.2, 0) is 9.59 Å². The van der Waals surface area contributed by atoms with Crippen LogP contribution < -0.4 is 10.2 Å². The molecule has 0 radical (unpaired) electrons. The van der Waals surface area contributed by atoms with Crippen LogP contribution in [0.4, 0.5) is 10.1 Å². The molecule has 2 atom stereocenters. The molecule has 1 aliphatic heterocycles. The van der Waals surface area contributed by atoms with Gasteiger partial charge in [-0.3, -0.25) is 14.5 Å². The number of anilines is 1. The molecule has 1 N–H and O–H groups in total. The van der Waals surface area contributed by atoms with Crippen LogP contribution in [-0.4, -0.2) is 23.9 Å². The molecule has 1 aliphatic carbocycles. The monoisotopic (exact) mass is 354 g/mol. The first-order valence-corrected chi connectivity index (χ1v) is 7.78. The second-order valence-electron chi connectivity index (χ2n) is 5.76. The van der Waals surface area contributed by atoms with Crippen molar-refractivity contribution in [2.75, 3.05) is 4.90 Å². The number of hydrogen-bond donors (Lipinski definition) is 1. The highest BCUT2D eigenvalue weighted by atomic mass is 79.9. The number of rotatable bonds is 2. The summed E-state index contributed by atoms with van der Waals surface area (Å²) in [5, 5.41) is 2.79. The van der Waals surface area contributed by atoms with Gasteiger partial charge in [0, 0.05) is 0 Å². The number of aryl methyl sites for hydroxylation is 1. The molecular formula is C15H16BrFN2O2. The lowest BCUT2D eigenvalue weighted by Crippen LogP contribution is -2.63. The number of nitrogens with zero attached hydrogens (tertiary/aromatic N) is 1. The summed E-state index contributed by atoms with van der Waals surface area (Å²) in [6.07, 6.45) is 1.90. The lowest BCUT2D eigenvalue weighted by Gasteiger charge is -2.38. The molecule has 6 heteroatoms. The molecule has 2 aliphatic rings. The van der Waals surface area contributed by atoms with E-state index < -0.39 is 17.9 Å². The zero-order valence-corrected chi connectivity index (χ0v) is 13.4. The van der Waals surface area contributed by atoms with Gasteiger partial charge in [0.05, 0.1) is 10.2 Å². The van der Waals surface area contributed by atoms with E-state index in [1.165, 1.54) is 11.0 Å². The Bertz CT molecular complexity index is 630. The molecule has 2 fully saturated rings. The van der Waals surface area contributed by atoms with Crippen molar-refractivity contribution in [1.29, 1.82) is 0 Å². The summed E-state index contributed by atoms with van der Waals surface area (Å²) >= 11 is 3.13. The minimum atomic E-state index is -0.633. The Labute approximate surface area is 130 Å². The van der Waals surface area contributed by atoms with E-state index in [-0.39, 0.29) is 17.7 Å². The van der Waals surface area contributed by atoms with Crippen LogP contribution >= 0.6 is 15.9 Å². The number of halogens is 2. The maximum absolute atomic E-state index is 13.8. The van der Waals surface area contributed by atoms with E-state index in [0.29, 0.717) is 10.2 Å². The van der Waals surface area contributed by atoms with Gasteiger partial charge in [-0.15, -0.1) is 0 Å². The molecule has 0 spiro atoms. The van der Waals surface area contributed by atoms with Crippen LogP contribution in [0.15, 0.2) is 16.6 Å². The molecular weight excluding hydrogens is 339 g/mol. The van der Waals surface area contributed by atoms with Gasteiger partial charge in [-0.25, -0.2) is 4.39 Å². The molecule has 1 saturated carbocycles. The molecule has 2 amide bonds. The molecule has 1 heterocycles. The fourth-order valence-corrected chi connectivity index (χ4v) is 3.22. The number of carbonyl (C=O) groups is 2. The predicted octanol–water partition coefficient (Wildman–Crippen LogP) is 2.53. The van der Waals surface area contributed by atoms with E-state index in [2.05, 4.69) is 21.2 Å². The maximum Gasteiger partial charge on any atom is 0.250 e. The zero-order chi connectivity index (χ0) is 15.3. The SMILES string of the molecule is Cc1cc(Br)c(F)cc1N1C(=O)C(C2CC2)NC(=O)C1C.